The second kappa shape index (κ2) is 6.33. The molecule has 0 aromatic carbocycles. The van der Waals surface area contributed by atoms with Crippen LogP contribution in [0.2, 0.25) is 0 Å². The van der Waals surface area contributed by atoms with E-state index >= 15 is 0 Å². The van der Waals surface area contributed by atoms with Crippen LogP contribution in [0.25, 0.3) is 0 Å². The Labute approximate surface area is 115 Å². The third kappa shape index (κ3) is 3.44. The van der Waals surface area contributed by atoms with E-state index in [1.807, 2.05) is 0 Å². The first-order chi connectivity index (χ1) is 9.09. The fourth-order valence-electron chi connectivity index (χ4n) is 2.53. The maximum atomic E-state index is 14.5. The summed E-state index contributed by atoms with van der Waals surface area (Å²) in [7, 11) is 0. The van der Waals surface area contributed by atoms with Crippen molar-refractivity contribution in [2.24, 2.45) is 0 Å². The third-order valence-corrected chi connectivity index (χ3v) is 3.73. The van der Waals surface area contributed by atoms with Gasteiger partial charge in [-0.25, -0.2) is 9.37 Å². The van der Waals surface area contributed by atoms with E-state index in [4.69, 9.17) is 0 Å². The second-order valence-electron chi connectivity index (χ2n) is 5.68. The van der Waals surface area contributed by atoms with Gasteiger partial charge >= 0.3 is 0 Å². The molecule has 1 aliphatic rings. The van der Waals surface area contributed by atoms with E-state index in [-0.39, 0.29) is 5.82 Å². The summed E-state index contributed by atoms with van der Waals surface area (Å²) in [5.74, 6) is 0.361. The van der Waals surface area contributed by atoms with Crippen molar-refractivity contribution in [1.82, 2.24) is 10.3 Å². The van der Waals surface area contributed by atoms with Gasteiger partial charge in [-0.2, -0.15) is 0 Å². The van der Waals surface area contributed by atoms with E-state index < -0.39 is 0 Å². The lowest BCUT2D eigenvalue weighted by atomic mass is 10.0. The van der Waals surface area contributed by atoms with Gasteiger partial charge in [0.05, 0.1) is 0 Å². The molecule has 106 valence electrons. The van der Waals surface area contributed by atoms with Crippen LogP contribution in [0.3, 0.4) is 0 Å². The highest BCUT2D eigenvalue weighted by Crippen LogP contribution is 2.26. The van der Waals surface area contributed by atoms with Crippen LogP contribution >= 0.6 is 0 Å². The minimum atomic E-state index is -0.163. The van der Waals surface area contributed by atoms with Gasteiger partial charge in [-0.15, -0.1) is 0 Å². The number of rotatable bonds is 4. The van der Waals surface area contributed by atoms with Crippen LogP contribution in [-0.4, -0.2) is 23.6 Å². The summed E-state index contributed by atoms with van der Waals surface area (Å²) in [5.41, 5.74) is 0.705. The Morgan fingerprint density at radius 3 is 2.95 bits per heavy atom. The average Bonchev–Trinajstić information content (AvgIpc) is 2.38. The first kappa shape index (κ1) is 14.3. The number of anilines is 1. The fourth-order valence-corrected chi connectivity index (χ4v) is 2.53. The second-order valence-corrected chi connectivity index (χ2v) is 5.68. The normalized spacial score (nSPS) is 20.1. The zero-order chi connectivity index (χ0) is 13.8. The van der Waals surface area contributed by atoms with Crippen LogP contribution < -0.4 is 10.2 Å². The van der Waals surface area contributed by atoms with Crippen LogP contribution in [0.15, 0.2) is 12.3 Å². The molecule has 1 aliphatic heterocycles. The Morgan fingerprint density at radius 1 is 1.47 bits per heavy atom. The molecule has 4 heteroatoms. The Balaban J connectivity index is 2.18. The summed E-state index contributed by atoms with van der Waals surface area (Å²) >= 11 is 0. The van der Waals surface area contributed by atoms with E-state index in [9.17, 15) is 4.39 Å². The van der Waals surface area contributed by atoms with Gasteiger partial charge in [-0.05, 0) is 32.3 Å². The number of nitrogens with zero attached hydrogens (tertiary/aromatic N) is 2. The van der Waals surface area contributed by atoms with Crippen molar-refractivity contribution in [2.75, 3.05) is 11.4 Å². The molecule has 19 heavy (non-hydrogen) atoms. The molecule has 1 unspecified atom stereocenters. The Bertz CT molecular complexity index is 420. The molecule has 0 saturated carbocycles. The van der Waals surface area contributed by atoms with Crippen LogP contribution in [0.1, 0.15) is 45.6 Å². The lowest BCUT2D eigenvalue weighted by Gasteiger charge is -2.34. The van der Waals surface area contributed by atoms with Gasteiger partial charge in [0.2, 0.25) is 0 Å². The quantitative estimate of drug-likeness (QED) is 0.906. The molecule has 0 spiro atoms. The summed E-state index contributed by atoms with van der Waals surface area (Å²) in [6.07, 6.45) is 5.19. The minimum Gasteiger partial charge on any atom is -0.351 e. The Kier molecular flexibility index (Phi) is 4.75. The fraction of sp³-hybridized carbons (Fsp3) is 0.667. The van der Waals surface area contributed by atoms with Crippen LogP contribution in [-0.2, 0) is 6.54 Å². The topological polar surface area (TPSA) is 28.2 Å². The van der Waals surface area contributed by atoms with Gasteiger partial charge in [0.15, 0.2) is 11.6 Å². The molecule has 3 nitrogen and oxygen atoms in total. The van der Waals surface area contributed by atoms with Crippen molar-refractivity contribution in [2.45, 2.75) is 58.7 Å². The molecule has 0 amide bonds. The van der Waals surface area contributed by atoms with E-state index in [2.05, 4.69) is 36.0 Å². The Hall–Kier alpha value is -1.16. The SMILES string of the molecule is CC(C)NCc1ccnc(N2CCCCC2C)c1F. The summed E-state index contributed by atoms with van der Waals surface area (Å²) in [4.78, 5) is 6.37. The number of hydrogen-bond acceptors (Lipinski definition) is 3. The number of nitrogens with one attached hydrogen (secondary N) is 1. The standard InChI is InChI=1S/C15H24FN3/c1-11(2)18-10-13-7-8-17-15(14(13)16)19-9-5-4-6-12(19)3/h7-8,11-12,18H,4-6,9-10H2,1-3H3. The summed E-state index contributed by atoms with van der Waals surface area (Å²) in [6.45, 7) is 7.74. The number of halogens is 1. The predicted octanol–water partition coefficient (Wildman–Crippen LogP) is 3.10. The van der Waals surface area contributed by atoms with Crippen LogP contribution in [0.4, 0.5) is 10.2 Å². The van der Waals surface area contributed by atoms with Gasteiger partial charge in [-0.3, -0.25) is 0 Å². The number of hydrogen-bond donors (Lipinski definition) is 1. The molecule has 2 rings (SSSR count). The first-order valence-electron chi connectivity index (χ1n) is 7.23. The molecule has 1 aromatic rings. The molecule has 1 N–H and O–H groups in total. The molecule has 2 heterocycles. The highest BCUT2D eigenvalue weighted by atomic mass is 19.1. The summed E-state index contributed by atoms with van der Waals surface area (Å²) < 4.78 is 14.5. The van der Waals surface area contributed by atoms with Crippen molar-refractivity contribution >= 4 is 5.82 Å². The molecule has 1 atom stereocenters. The van der Waals surface area contributed by atoms with Crippen molar-refractivity contribution in [3.05, 3.63) is 23.6 Å². The molecule has 1 saturated heterocycles. The maximum absolute atomic E-state index is 14.5. The smallest absolute Gasteiger partial charge is 0.170 e. The van der Waals surface area contributed by atoms with Crippen molar-refractivity contribution in [1.29, 1.82) is 0 Å². The first-order valence-corrected chi connectivity index (χ1v) is 7.23. The number of pyridine rings is 1. The number of piperidine rings is 1. The van der Waals surface area contributed by atoms with E-state index in [1.165, 1.54) is 6.42 Å². The van der Waals surface area contributed by atoms with Gasteiger partial charge in [-0.1, -0.05) is 13.8 Å². The molecular formula is C15H24FN3. The summed E-state index contributed by atoms with van der Waals surface area (Å²) in [5, 5.41) is 3.26. The molecule has 1 fully saturated rings. The zero-order valence-corrected chi connectivity index (χ0v) is 12.1. The lowest BCUT2D eigenvalue weighted by molar-refractivity contribution is 0.467. The van der Waals surface area contributed by atoms with E-state index in [0.717, 1.165) is 19.4 Å². The molecule has 0 aliphatic carbocycles. The Morgan fingerprint density at radius 2 is 2.26 bits per heavy atom. The molecule has 0 bridgehead atoms. The monoisotopic (exact) mass is 265 g/mol. The van der Waals surface area contributed by atoms with E-state index in [0.29, 0.717) is 30.0 Å². The van der Waals surface area contributed by atoms with Gasteiger partial charge in [0.1, 0.15) is 0 Å². The average molecular weight is 265 g/mol. The maximum Gasteiger partial charge on any atom is 0.170 e. The molecule has 0 radical (unpaired) electrons. The predicted molar refractivity (Wildman–Crippen MR) is 76.8 cm³/mol. The largest absolute Gasteiger partial charge is 0.351 e. The minimum absolute atomic E-state index is 0.163. The highest BCUT2D eigenvalue weighted by Gasteiger charge is 2.23. The van der Waals surface area contributed by atoms with Crippen molar-refractivity contribution < 1.29 is 4.39 Å². The van der Waals surface area contributed by atoms with Crippen LogP contribution in [0, 0.1) is 5.82 Å². The van der Waals surface area contributed by atoms with Gasteiger partial charge in [0, 0.05) is 36.9 Å². The van der Waals surface area contributed by atoms with Crippen molar-refractivity contribution in [3.63, 3.8) is 0 Å². The van der Waals surface area contributed by atoms with E-state index in [1.54, 1.807) is 12.3 Å². The molecular weight excluding hydrogens is 241 g/mol. The third-order valence-electron chi connectivity index (χ3n) is 3.73. The highest BCUT2D eigenvalue weighted by molar-refractivity contribution is 5.44. The van der Waals surface area contributed by atoms with Crippen LogP contribution in [0.5, 0.6) is 0 Å². The zero-order valence-electron chi connectivity index (χ0n) is 12.1. The van der Waals surface area contributed by atoms with Gasteiger partial charge < -0.3 is 10.2 Å². The van der Waals surface area contributed by atoms with Crippen molar-refractivity contribution in [3.8, 4) is 0 Å². The summed E-state index contributed by atoms with van der Waals surface area (Å²) in [6, 6.07) is 2.50. The number of aromatic nitrogens is 1. The van der Waals surface area contributed by atoms with Gasteiger partial charge in [0.25, 0.3) is 0 Å². The lowest BCUT2D eigenvalue weighted by Crippen LogP contribution is -2.38. The molecule has 1 aromatic heterocycles.